The second-order valence-electron chi connectivity index (χ2n) is 7.51. The number of hydrogen-bond acceptors (Lipinski definition) is 7. The first-order valence-corrected chi connectivity index (χ1v) is 11.3. The molecular weight excluding hydrogens is 440 g/mol. The number of carbonyl (C=O) groups is 2. The van der Waals surface area contributed by atoms with Crippen LogP contribution in [0.5, 0.6) is 11.5 Å². The van der Waals surface area contributed by atoms with Crippen LogP contribution in [0.1, 0.15) is 15.9 Å². The van der Waals surface area contributed by atoms with E-state index in [1.807, 2.05) is 43.3 Å². The summed E-state index contributed by atoms with van der Waals surface area (Å²) < 4.78 is 10.6. The second kappa shape index (κ2) is 10.3. The van der Waals surface area contributed by atoms with Crippen molar-refractivity contribution in [3.8, 4) is 11.5 Å². The minimum Gasteiger partial charge on any atom is -0.454 e. The van der Waals surface area contributed by atoms with Gasteiger partial charge >= 0.3 is 0 Å². The molecule has 8 nitrogen and oxygen atoms in total. The van der Waals surface area contributed by atoms with Crippen molar-refractivity contribution in [3.63, 3.8) is 0 Å². The number of amides is 2. The highest BCUT2D eigenvalue weighted by Gasteiger charge is 2.16. The van der Waals surface area contributed by atoms with Crippen LogP contribution in [0.15, 0.2) is 65.8 Å². The number of carbonyl (C=O) groups excluding carboxylic acids is 2. The van der Waals surface area contributed by atoms with Crippen molar-refractivity contribution in [2.24, 2.45) is 0 Å². The van der Waals surface area contributed by atoms with Crippen LogP contribution in [0, 0.1) is 0 Å². The van der Waals surface area contributed by atoms with E-state index in [0.29, 0.717) is 34.3 Å². The van der Waals surface area contributed by atoms with Crippen LogP contribution >= 0.6 is 11.8 Å². The van der Waals surface area contributed by atoms with Gasteiger partial charge in [-0.05, 0) is 42.0 Å². The number of thioether (sulfide) groups is 1. The first kappa shape index (κ1) is 22.5. The summed E-state index contributed by atoms with van der Waals surface area (Å²) >= 11 is 1.21. The number of aromatic nitrogens is 1. The van der Waals surface area contributed by atoms with Crippen molar-refractivity contribution < 1.29 is 19.1 Å². The maximum Gasteiger partial charge on any atom is 0.254 e. The third-order valence-electron chi connectivity index (χ3n) is 4.89. The maximum absolute atomic E-state index is 12.8. The van der Waals surface area contributed by atoms with E-state index < -0.39 is 0 Å². The molecule has 2 amide bonds. The number of nitrogens with zero attached hydrogens (tertiary/aromatic N) is 2. The van der Waals surface area contributed by atoms with Gasteiger partial charge < -0.3 is 25.0 Å². The molecular formula is C24H24N4O4S. The zero-order chi connectivity index (χ0) is 23.2. The smallest absolute Gasteiger partial charge is 0.254 e. The molecule has 0 radical (unpaired) electrons. The van der Waals surface area contributed by atoms with Gasteiger partial charge in [0.15, 0.2) is 11.5 Å². The molecule has 3 aromatic rings. The van der Waals surface area contributed by atoms with E-state index in [1.165, 1.54) is 11.8 Å². The molecule has 0 spiro atoms. The lowest BCUT2D eigenvalue weighted by Crippen LogP contribution is -2.24. The molecule has 1 aliphatic rings. The van der Waals surface area contributed by atoms with E-state index in [0.717, 1.165) is 11.3 Å². The molecule has 0 unspecified atom stereocenters. The fraction of sp³-hybridized carbons (Fsp3) is 0.208. The third kappa shape index (κ3) is 5.75. The van der Waals surface area contributed by atoms with Crippen LogP contribution in [0.2, 0.25) is 0 Å². The number of rotatable bonds is 8. The Morgan fingerprint density at radius 3 is 2.76 bits per heavy atom. The lowest BCUT2D eigenvalue weighted by atomic mass is 10.2. The molecule has 1 aromatic heterocycles. The monoisotopic (exact) mass is 464 g/mol. The van der Waals surface area contributed by atoms with Gasteiger partial charge in [0.2, 0.25) is 12.7 Å². The third-order valence-corrected chi connectivity index (χ3v) is 5.90. The number of anilines is 2. The number of ether oxygens (including phenoxy) is 2. The summed E-state index contributed by atoms with van der Waals surface area (Å²) in [4.78, 5) is 31.5. The summed E-state index contributed by atoms with van der Waals surface area (Å²) in [5.74, 6) is 0.907. The second-order valence-corrected chi connectivity index (χ2v) is 8.47. The molecule has 2 heterocycles. The quantitative estimate of drug-likeness (QED) is 0.493. The van der Waals surface area contributed by atoms with Gasteiger partial charge in [-0.15, -0.1) is 0 Å². The van der Waals surface area contributed by atoms with Crippen molar-refractivity contribution in [1.29, 1.82) is 0 Å². The largest absolute Gasteiger partial charge is 0.454 e. The fourth-order valence-electron chi connectivity index (χ4n) is 3.21. The average molecular weight is 465 g/mol. The van der Waals surface area contributed by atoms with E-state index in [-0.39, 0.29) is 24.4 Å². The Hall–Kier alpha value is -3.72. The molecule has 0 atom stereocenters. The lowest BCUT2D eigenvalue weighted by molar-refractivity contribution is -0.113. The van der Waals surface area contributed by atoms with E-state index in [9.17, 15) is 9.59 Å². The normalized spacial score (nSPS) is 11.7. The SMILES string of the molecule is CN(C)c1cccc(CNC(=O)c2cccnc2SCC(=O)Nc2ccc3c(c2)OCO3)c1. The van der Waals surface area contributed by atoms with Crippen molar-refractivity contribution in [3.05, 3.63) is 71.9 Å². The Bertz CT molecular complexity index is 1170. The number of pyridine rings is 1. The Labute approximate surface area is 196 Å². The van der Waals surface area contributed by atoms with Crippen LogP contribution in [-0.4, -0.2) is 43.4 Å². The highest BCUT2D eigenvalue weighted by atomic mass is 32.2. The standard InChI is InChI=1S/C24H24N4O4S/c1-28(2)18-6-3-5-16(11-18)13-26-23(30)19-7-4-10-25-24(19)33-14-22(29)27-17-8-9-20-21(12-17)32-15-31-20/h3-12H,13-15H2,1-2H3,(H,26,30)(H,27,29). The predicted octanol–water partition coefficient (Wildman–Crippen LogP) is 3.54. The van der Waals surface area contributed by atoms with E-state index in [4.69, 9.17) is 9.47 Å². The van der Waals surface area contributed by atoms with Crippen LogP contribution < -0.4 is 25.0 Å². The van der Waals surface area contributed by atoms with Crippen LogP contribution in [0.3, 0.4) is 0 Å². The molecule has 9 heteroatoms. The minimum atomic E-state index is -0.239. The molecule has 0 bridgehead atoms. The van der Waals surface area contributed by atoms with Gasteiger partial charge in [0.25, 0.3) is 5.91 Å². The molecule has 0 fully saturated rings. The first-order chi connectivity index (χ1) is 16.0. The Kier molecular flexibility index (Phi) is 6.99. The van der Waals surface area contributed by atoms with Crippen molar-refractivity contribution >= 4 is 35.0 Å². The van der Waals surface area contributed by atoms with Gasteiger partial charge in [0, 0.05) is 44.3 Å². The summed E-state index contributed by atoms with van der Waals surface area (Å²) in [6, 6.07) is 16.6. The number of nitrogens with one attached hydrogen (secondary N) is 2. The van der Waals surface area contributed by atoms with E-state index >= 15 is 0 Å². The zero-order valence-electron chi connectivity index (χ0n) is 18.3. The van der Waals surface area contributed by atoms with Crippen LogP contribution in [-0.2, 0) is 11.3 Å². The summed E-state index contributed by atoms with van der Waals surface area (Å²) in [5.41, 5.74) is 3.11. The van der Waals surface area contributed by atoms with Gasteiger partial charge in [-0.3, -0.25) is 9.59 Å². The van der Waals surface area contributed by atoms with Crippen LogP contribution in [0.25, 0.3) is 0 Å². The molecule has 2 aromatic carbocycles. The Morgan fingerprint density at radius 1 is 1.06 bits per heavy atom. The van der Waals surface area contributed by atoms with Gasteiger partial charge in [-0.2, -0.15) is 0 Å². The maximum atomic E-state index is 12.8. The Balaban J connectivity index is 1.34. The highest BCUT2D eigenvalue weighted by Crippen LogP contribution is 2.34. The highest BCUT2D eigenvalue weighted by molar-refractivity contribution is 8.00. The zero-order valence-corrected chi connectivity index (χ0v) is 19.1. The summed E-state index contributed by atoms with van der Waals surface area (Å²) in [6.45, 7) is 0.568. The molecule has 2 N–H and O–H groups in total. The lowest BCUT2D eigenvalue weighted by Gasteiger charge is -2.14. The predicted molar refractivity (Wildman–Crippen MR) is 128 cm³/mol. The number of benzene rings is 2. The van der Waals surface area contributed by atoms with Crippen molar-refractivity contribution in [2.45, 2.75) is 11.6 Å². The summed E-state index contributed by atoms with van der Waals surface area (Å²) in [7, 11) is 3.94. The topological polar surface area (TPSA) is 92.8 Å². The van der Waals surface area contributed by atoms with Crippen LogP contribution in [0.4, 0.5) is 11.4 Å². The van der Waals surface area contributed by atoms with Crippen molar-refractivity contribution in [1.82, 2.24) is 10.3 Å². The number of hydrogen-bond donors (Lipinski definition) is 2. The van der Waals surface area contributed by atoms with E-state index in [1.54, 1.807) is 36.5 Å². The molecule has 0 saturated heterocycles. The van der Waals surface area contributed by atoms with Gasteiger partial charge in [-0.1, -0.05) is 23.9 Å². The molecule has 0 saturated carbocycles. The summed E-state index contributed by atoms with van der Waals surface area (Å²) in [6.07, 6.45) is 1.61. The molecule has 1 aliphatic heterocycles. The van der Waals surface area contributed by atoms with Crippen molar-refractivity contribution in [2.75, 3.05) is 36.9 Å². The fourth-order valence-corrected chi connectivity index (χ4v) is 4.00. The first-order valence-electron chi connectivity index (χ1n) is 10.3. The minimum absolute atomic E-state index is 0.108. The molecule has 4 rings (SSSR count). The molecule has 33 heavy (non-hydrogen) atoms. The average Bonchev–Trinajstić information content (AvgIpc) is 3.29. The molecule has 170 valence electrons. The van der Waals surface area contributed by atoms with Gasteiger partial charge in [0.05, 0.1) is 11.3 Å². The molecule has 0 aliphatic carbocycles. The van der Waals surface area contributed by atoms with E-state index in [2.05, 4.69) is 15.6 Å². The van der Waals surface area contributed by atoms with Gasteiger partial charge in [0.1, 0.15) is 5.03 Å². The summed E-state index contributed by atoms with van der Waals surface area (Å²) in [5, 5.41) is 6.26. The number of fused-ring (bicyclic) bond motifs is 1. The Morgan fingerprint density at radius 2 is 1.91 bits per heavy atom. The van der Waals surface area contributed by atoms with Gasteiger partial charge in [-0.25, -0.2) is 4.98 Å².